The average molecular weight is 308 g/mol. The number of fused-ring (bicyclic) bond motifs is 3. The molecule has 2 N–H and O–H groups in total. The van der Waals surface area contributed by atoms with Crippen molar-refractivity contribution < 1.29 is 5.11 Å². The second-order valence-corrected chi connectivity index (χ2v) is 6.24. The van der Waals surface area contributed by atoms with Gasteiger partial charge in [-0.25, -0.2) is 4.98 Å². The molecule has 22 heavy (non-hydrogen) atoms. The molecule has 0 spiro atoms. The van der Waals surface area contributed by atoms with Crippen molar-refractivity contribution in [3.63, 3.8) is 0 Å². The van der Waals surface area contributed by atoms with Crippen LogP contribution in [0, 0.1) is 6.92 Å². The van der Waals surface area contributed by atoms with Crippen LogP contribution in [-0.4, -0.2) is 15.1 Å². The smallest absolute Gasteiger partial charge is 0.252 e. The highest BCUT2D eigenvalue weighted by molar-refractivity contribution is 7.25. The molecular weight excluding hydrogens is 296 g/mol. The molecular formula is C17H12N2O2S. The van der Waals surface area contributed by atoms with E-state index in [0.29, 0.717) is 10.2 Å². The number of aromatic amines is 1. The lowest BCUT2D eigenvalue weighted by Gasteiger charge is -2.01. The number of nitrogens with one attached hydrogen (secondary N) is 1. The first kappa shape index (κ1) is 13.0. The van der Waals surface area contributed by atoms with Gasteiger partial charge in [0.1, 0.15) is 10.6 Å². The molecule has 4 aromatic rings. The Morgan fingerprint density at radius 1 is 1.14 bits per heavy atom. The van der Waals surface area contributed by atoms with Gasteiger partial charge in [-0.05, 0) is 19.1 Å². The Labute approximate surface area is 129 Å². The van der Waals surface area contributed by atoms with E-state index in [4.69, 9.17) is 0 Å². The third kappa shape index (κ3) is 1.98. The summed E-state index contributed by atoms with van der Waals surface area (Å²) in [4.78, 5) is 19.8. The zero-order chi connectivity index (χ0) is 15.3. The Balaban J connectivity index is 1.98. The number of H-pyrrole nitrogens is 1. The SMILES string of the molecule is Cc1ccc(-c2ccc3c(n2)sc2c(O)cc(=O)[nH]c23)cc1. The van der Waals surface area contributed by atoms with Crippen LogP contribution in [0.3, 0.4) is 0 Å². The fraction of sp³-hybridized carbons (Fsp3) is 0.0588. The molecule has 3 heterocycles. The number of rotatable bonds is 1. The largest absolute Gasteiger partial charge is 0.506 e. The molecule has 1 aromatic carbocycles. The van der Waals surface area contributed by atoms with Gasteiger partial charge in [-0.3, -0.25) is 4.79 Å². The number of nitrogens with zero attached hydrogens (tertiary/aromatic N) is 1. The zero-order valence-electron chi connectivity index (χ0n) is 11.8. The number of aromatic hydroxyl groups is 1. The van der Waals surface area contributed by atoms with Gasteiger partial charge in [0.15, 0.2) is 0 Å². The Hall–Kier alpha value is -2.66. The standard InChI is InChI=1S/C17H12N2O2S/c1-9-2-4-10(5-3-9)12-7-6-11-15-16(22-17(11)18-12)13(20)8-14(21)19-15/h2-8H,1H3,(H2,19,20,21). The second-order valence-electron chi connectivity index (χ2n) is 5.24. The highest BCUT2D eigenvalue weighted by Crippen LogP contribution is 2.36. The summed E-state index contributed by atoms with van der Waals surface area (Å²) in [6.07, 6.45) is 0. The Kier molecular flexibility index (Phi) is 2.77. The van der Waals surface area contributed by atoms with E-state index in [2.05, 4.69) is 22.1 Å². The van der Waals surface area contributed by atoms with Gasteiger partial charge in [0.25, 0.3) is 5.56 Å². The van der Waals surface area contributed by atoms with Crippen molar-refractivity contribution in [2.75, 3.05) is 0 Å². The molecule has 0 saturated carbocycles. The lowest BCUT2D eigenvalue weighted by atomic mass is 10.1. The quantitative estimate of drug-likeness (QED) is 0.562. The van der Waals surface area contributed by atoms with Gasteiger partial charge >= 0.3 is 0 Å². The van der Waals surface area contributed by atoms with E-state index in [1.165, 1.54) is 23.0 Å². The van der Waals surface area contributed by atoms with E-state index in [1.54, 1.807) is 0 Å². The summed E-state index contributed by atoms with van der Waals surface area (Å²) in [5.74, 6) is -0.00126. The van der Waals surface area contributed by atoms with Crippen LogP contribution in [-0.2, 0) is 0 Å². The van der Waals surface area contributed by atoms with Gasteiger partial charge in [-0.15, -0.1) is 11.3 Å². The Morgan fingerprint density at radius 3 is 2.68 bits per heavy atom. The van der Waals surface area contributed by atoms with Crippen LogP contribution < -0.4 is 5.56 Å². The van der Waals surface area contributed by atoms with Gasteiger partial charge in [-0.1, -0.05) is 29.8 Å². The molecule has 0 aliphatic rings. The highest BCUT2D eigenvalue weighted by Gasteiger charge is 2.12. The summed E-state index contributed by atoms with van der Waals surface area (Å²) in [6.45, 7) is 2.05. The summed E-state index contributed by atoms with van der Waals surface area (Å²) in [6, 6.07) is 13.2. The summed E-state index contributed by atoms with van der Waals surface area (Å²) in [7, 11) is 0. The predicted molar refractivity (Wildman–Crippen MR) is 89.6 cm³/mol. The van der Waals surface area contributed by atoms with E-state index in [0.717, 1.165) is 21.5 Å². The maximum Gasteiger partial charge on any atom is 0.252 e. The number of pyridine rings is 2. The molecule has 108 valence electrons. The van der Waals surface area contributed by atoms with Crippen molar-refractivity contribution in [1.29, 1.82) is 0 Å². The van der Waals surface area contributed by atoms with Crippen molar-refractivity contribution in [3.8, 4) is 17.0 Å². The first-order valence-electron chi connectivity index (χ1n) is 6.84. The van der Waals surface area contributed by atoms with Gasteiger partial charge in [-0.2, -0.15) is 0 Å². The van der Waals surface area contributed by atoms with Crippen LogP contribution in [0.5, 0.6) is 5.75 Å². The molecule has 0 aliphatic carbocycles. The maximum absolute atomic E-state index is 11.5. The van der Waals surface area contributed by atoms with E-state index in [9.17, 15) is 9.90 Å². The van der Waals surface area contributed by atoms with Crippen molar-refractivity contribution >= 4 is 31.8 Å². The molecule has 0 radical (unpaired) electrons. The number of aromatic nitrogens is 2. The molecule has 4 rings (SSSR count). The topological polar surface area (TPSA) is 66.0 Å². The first-order chi connectivity index (χ1) is 10.6. The second kappa shape index (κ2) is 4.68. The third-order valence-electron chi connectivity index (χ3n) is 3.65. The Bertz CT molecular complexity index is 1060. The summed E-state index contributed by atoms with van der Waals surface area (Å²) < 4.78 is 0.656. The highest BCUT2D eigenvalue weighted by atomic mass is 32.1. The van der Waals surface area contributed by atoms with Crippen LogP contribution in [0.4, 0.5) is 0 Å². The van der Waals surface area contributed by atoms with Crippen molar-refractivity contribution in [1.82, 2.24) is 9.97 Å². The predicted octanol–water partition coefficient (Wildman–Crippen LogP) is 3.82. The van der Waals surface area contributed by atoms with Gasteiger partial charge in [0.05, 0.1) is 15.9 Å². The van der Waals surface area contributed by atoms with Crippen LogP contribution in [0.2, 0.25) is 0 Å². The third-order valence-corrected chi connectivity index (χ3v) is 4.77. The minimum Gasteiger partial charge on any atom is -0.506 e. The van der Waals surface area contributed by atoms with Crippen molar-refractivity contribution in [3.05, 3.63) is 58.4 Å². The molecule has 0 amide bonds. The van der Waals surface area contributed by atoms with Crippen LogP contribution in [0.15, 0.2) is 47.3 Å². The summed E-state index contributed by atoms with van der Waals surface area (Å²) >= 11 is 1.38. The molecule has 3 aromatic heterocycles. The van der Waals surface area contributed by atoms with E-state index < -0.39 is 0 Å². The number of benzene rings is 1. The lowest BCUT2D eigenvalue weighted by molar-refractivity contribution is 0.481. The van der Waals surface area contributed by atoms with Crippen molar-refractivity contribution in [2.45, 2.75) is 6.92 Å². The fourth-order valence-electron chi connectivity index (χ4n) is 2.52. The zero-order valence-corrected chi connectivity index (χ0v) is 12.6. The first-order valence-corrected chi connectivity index (χ1v) is 7.66. The lowest BCUT2D eigenvalue weighted by Crippen LogP contribution is -2.01. The molecule has 0 saturated heterocycles. The number of hydrogen-bond donors (Lipinski definition) is 2. The van der Waals surface area contributed by atoms with Gasteiger partial charge in [0, 0.05) is 17.0 Å². The van der Waals surface area contributed by atoms with E-state index in [1.807, 2.05) is 31.2 Å². The monoisotopic (exact) mass is 308 g/mol. The summed E-state index contributed by atoms with van der Waals surface area (Å²) in [5, 5.41) is 10.8. The van der Waals surface area contributed by atoms with Crippen LogP contribution in [0.25, 0.3) is 31.7 Å². The molecule has 4 nitrogen and oxygen atoms in total. The van der Waals surface area contributed by atoms with Crippen LogP contribution in [0.1, 0.15) is 5.56 Å². The van der Waals surface area contributed by atoms with Gasteiger partial charge in [0.2, 0.25) is 0 Å². The molecule has 0 aliphatic heterocycles. The summed E-state index contributed by atoms with van der Waals surface area (Å²) in [5.41, 5.74) is 3.46. The van der Waals surface area contributed by atoms with Crippen molar-refractivity contribution in [2.24, 2.45) is 0 Å². The van der Waals surface area contributed by atoms with E-state index in [-0.39, 0.29) is 11.3 Å². The molecule has 5 heteroatoms. The molecule has 0 bridgehead atoms. The number of aryl methyl sites for hydroxylation is 1. The van der Waals surface area contributed by atoms with E-state index >= 15 is 0 Å². The molecule has 0 fully saturated rings. The molecule has 0 atom stereocenters. The average Bonchev–Trinajstić information content (AvgIpc) is 2.86. The maximum atomic E-state index is 11.5. The minimum atomic E-state index is -0.313. The van der Waals surface area contributed by atoms with Crippen LogP contribution >= 0.6 is 11.3 Å². The minimum absolute atomic E-state index is 0.00126. The normalized spacial score (nSPS) is 11.3. The molecule has 0 unspecified atom stereocenters. The van der Waals surface area contributed by atoms with Gasteiger partial charge < -0.3 is 10.1 Å². The fourth-order valence-corrected chi connectivity index (χ4v) is 3.56. The Morgan fingerprint density at radius 2 is 1.91 bits per heavy atom. The number of thiophene rings is 1. The number of hydrogen-bond acceptors (Lipinski definition) is 4.